The lowest BCUT2D eigenvalue weighted by Crippen LogP contribution is -2.62. The summed E-state index contributed by atoms with van der Waals surface area (Å²) in [6.45, 7) is 3.46. The summed E-state index contributed by atoms with van der Waals surface area (Å²) in [4.78, 5) is 32.6. The molecule has 0 saturated carbocycles. The van der Waals surface area contributed by atoms with E-state index >= 15 is 0 Å². The number of nitrogens with two attached hydrogens (primary N) is 1. The van der Waals surface area contributed by atoms with Crippen LogP contribution in [0.1, 0.15) is 12.8 Å². The summed E-state index contributed by atoms with van der Waals surface area (Å²) >= 11 is 0. The molecule has 4 atom stereocenters. The van der Waals surface area contributed by atoms with E-state index in [1.807, 2.05) is 6.07 Å². The molecular weight excluding hydrogens is 405 g/mol. The fourth-order valence-corrected chi connectivity index (χ4v) is 4.86. The topological polar surface area (TPSA) is 125 Å². The first kappa shape index (κ1) is 22.0. The van der Waals surface area contributed by atoms with Gasteiger partial charge in [0, 0.05) is 37.8 Å². The van der Waals surface area contributed by atoms with Gasteiger partial charge in [-0.05, 0) is 26.0 Å². The van der Waals surface area contributed by atoms with Crippen molar-refractivity contribution in [3.8, 4) is 0 Å². The van der Waals surface area contributed by atoms with Crippen LogP contribution in [0.2, 0.25) is 0 Å². The molecule has 3 aliphatic rings. The Labute approximate surface area is 180 Å². The third-order valence-electron chi connectivity index (χ3n) is 6.52. The first-order valence-corrected chi connectivity index (χ1v) is 10.7. The van der Waals surface area contributed by atoms with Crippen molar-refractivity contribution in [2.45, 2.75) is 31.3 Å². The lowest BCUT2D eigenvalue weighted by atomic mass is 9.78. The van der Waals surface area contributed by atoms with Crippen LogP contribution >= 0.6 is 0 Å². The molecule has 10 nitrogen and oxygen atoms in total. The first-order chi connectivity index (χ1) is 14.9. The molecule has 0 aliphatic carbocycles. The van der Waals surface area contributed by atoms with Gasteiger partial charge in [-0.25, -0.2) is 4.39 Å². The average Bonchev–Trinajstić information content (AvgIpc) is 2.74. The summed E-state index contributed by atoms with van der Waals surface area (Å²) in [5, 5.41) is 8.77. The Morgan fingerprint density at radius 3 is 3.00 bits per heavy atom. The lowest BCUT2D eigenvalue weighted by Gasteiger charge is -2.49. The van der Waals surface area contributed by atoms with E-state index in [0.717, 1.165) is 44.8 Å². The SMILES string of the molecule is CN1CC(F)CNC1C(C(=O)Nc1cnccc1N1CCCC2(COC2)C1)C(N)N=O. The minimum absolute atomic E-state index is 0.0838. The molecule has 3 aliphatic heterocycles. The molecule has 0 radical (unpaired) electrons. The van der Waals surface area contributed by atoms with Gasteiger partial charge in [0.05, 0.1) is 37.0 Å². The maximum Gasteiger partial charge on any atom is 0.234 e. The highest BCUT2D eigenvalue weighted by Crippen LogP contribution is 2.40. The molecule has 1 aromatic heterocycles. The van der Waals surface area contributed by atoms with Crippen molar-refractivity contribution in [1.82, 2.24) is 15.2 Å². The largest absolute Gasteiger partial charge is 0.380 e. The Kier molecular flexibility index (Phi) is 6.47. The zero-order chi connectivity index (χ0) is 22.0. The van der Waals surface area contributed by atoms with Crippen molar-refractivity contribution >= 4 is 17.3 Å². The zero-order valence-corrected chi connectivity index (χ0v) is 17.7. The molecule has 170 valence electrons. The standard InChI is InChI=1S/C20H30FN7O3/c1-27-9-13(21)7-24-18(27)16(17(22)26-30)19(29)25-14-8-23-5-3-15(14)28-6-2-4-20(10-28)11-31-12-20/h3,5,8,13,16-18,24H,2,4,6-7,9-12,22H2,1H3,(H,25,29). The summed E-state index contributed by atoms with van der Waals surface area (Å²) in [5.41, 5.74) is 7.50. The van der Waals surface area contributed by atoms with Crippen LogP contribution in [-0.2, 0) is 9.53 Å². The summed E-state index contributed by atoms with van der Waals surface area (Å²) < 4.78 is 19.2. The number of aromatic nitrogens is 1. The van der Waals surface area contributed by atoms with Crippen LogP contribution in [-0.4, -0.2) is 80.7 Å². The number of rotatable bonds is 6. The van der Waals surface area contributed by atoms with Gasteiger partial charge in [-0.3, -0.25) is 20.0 Å². The van der Waals surface area contributed by atoms with Gasteiger partial charge in [0.2, 0.25) is 5.91 Å². The number of halogens is 1. The molecule has 0 aromatic carbocycles. The fraction of sp³-hybridized carbons (Fsp3) is 0.700. The second-order valence-electron chi connectivity index (χ2n) is 8.91. The van der Waals surface area contributed by atoms with Crippen LogP contribution in [0.5, 0.6) is 0 Å². The van der Waals surface area contributed by atoms with Crippen LogP contribution in [0.4, 0.5) is 15.8 Å². The Bertz CT molecular complexity index is 809. The quantitative estimate of drug-likeness (QED) is 0.552. The van der Waals surface area contributed by atoms with Crippen LogP contribution in [0.3, 0.4) is 0 Å². The van der Waals surface area contributed by atoms with E-state index in [1.54, 1.807) is 24.3 Å². The smallest absolute Gasteiger partial charge is 0.234 e. The van der Waals surface area contributed by atoms with Crippen LogP contribution in [0, 0.1) is 16.2 Å². The van der Waals surface area contributed by atoms with Crippen molar-refractivity contribution in [2.24, 2.45) is 22.2 Å². The van der Waals surface area contributed by atoms with E-state index in [0.29, 0.717) is 5.69 Å². The molecule has 3 saturated heterocycles. The molecule has 1 amide bonds. The molecule has 11 heteroatoms. The van der Waals surface area contributed by atoms with E-state index in [9.17, 15) is 14.1 Å². The minimum atomic E-state index is -1.28. The zero-order valence-electron chi connectivity index (χ0n) is 17.7. The normalized spacial score (nSPS) is 27.9. The molecule has 4 heterocycles. The highest BCUT2D eigenvalue weighted by Gasteiger charge is 2.43. The van der Waals surface area contributed by atoms with E-state index < -0.39 is 30.3 Å². The maximum atomic E-state index is 13.7. The molecule has 1 spiro atoms. The number of amides is 1. The molecular formula is C20H30FN7O3. The van der Waals surface area contributed by atoms with E-state index in [1.165, 1.54) is 0 Å². The monoisotopic (exact) mass is 435 g/mol. The third-order valence-corrected chi connectivity index (χ3v) is 6.52. The minimum Gasteiger partial charge on any atom is -0.380 e. The molecule has 1 aromatic rings. The van der Waals surface area contributed by atoms with Gasteiger partial charge in [-0.1, -0.05) is 5.18 Å². The predicted octanol–water partition coefficient (Wildman–Crippen LogP) is 0.504. The number of ether oxygens (including phenoxy) is 1. The third kappa shape index (κ3) is 4.54. The number of nitroso groups, excluding NO2 is 1. The second kappa shape index (κ2) is 9.11. The van der Waals surface area contributed by atoms with E-state index in [2.05, 4.69) is 25.7 Å². The highest BCUT2D eigenvalue weighted by molar-refractivity contribution is 5.96. The molecule has 0 bridgehead atoms. The number of carbonyl (C=O) groups is 1. The van der Waals surface area contributed by atoms with Crippen molar-refractivity contribution in [1.29, 1.82) is 0 Å². The van der Waals surface area contributed by atoms with Gasteiger partial charge in [-0.15, -0.1) is 4.91 Å². The first-order valence-electron chi connectivity index (χ1n) is 10.7. The Hall–Kier alpha value is -2.21. The molecule has 4 unspecified atom stereocenters. The van der Waals surface area contributed by atoms with Crippen molar-refractivity contribution in [3.63, 3.8) is 0 Å². The van der Waals surface area contributed by atoms with Crippen LogP contribution < -0.4 is 21.3 Å². The second-order valence-corrected chi connectivity index (χ2v) is 8.91. The van der Waals surface area contributed by atoms with Crippen LogP contribution in [0.25, 0.3) is 0 Å². The number of hydrogen-bond donors (Lipinski definition) is 3. The lowest BCUT2D eigenvalue weighted by molar-refractivity contribution is -0.124. The van der Waals surface area contributed by atoms with Crippen molar-refractivity contribution < 1.29 is 13.9 Å². The predicted molar refractivity (Wildman–Crippen MR) is 114 cm³/mol. The van der Waals surface area contributed by atoms with Gasteiger partial charge in [0.15, 0.2) is 6.17 Å². The summed E-state index contributed by atoms with van der Waals surface area (Å²) in [6, 6.07) is 1.87. The molecule has 4 N–H and O–H groups in total. The number of pyridine rings is 1. The number of carbonyl (C=O) groups excluding carboxylic acids is 1. The molecule has 31 heavy (non-hydrogen) atoms. The fourth-order valence-electron chi connectivity index (χ4n) is 4.86. The van der Waals surface area contributed by atoms with E-state index in [4.69, 9.17) is 10.5 Å². The number of nitrogens with one attached hydrogen (secondary N) is 2. The molecule has 4 rings (SSSR count). The number of hydrogen-bond acceptors (Lipinski definition) is 9. The van der Waals surface area contributed by atoms with E-state index in [-0.39, 0.29) is 18.5 Å². The summed E-state index contributed by atoms with van der Waals surface area (Å²) in [5.74, 6) is -1.45. The number of anilines is 2. The highest BCUT2D eigenvalue weighted by atomic mass is 19.1. The van der Waals surface area contributed by atoms with Gasteiger partial charge in [0.1, 0.15) is 12.1 Å². The number of piperidine rings is 1. The Balaban J connectivity index is 1.53. The average molecular weight is 436 g/mol. The van der Waals surface area contributed by atoms with Crippen molar-refractivity contribution in [2.75, 3.05) is 56.7 Å². The Morgan fingerprint density at radius 1 is 1.52 bits per heavy atom. The molecule has 3 fully saturated rings. The van der Waals surface area contributed by atoms with Gasteiger partial charge in [0.25, 0.3) is 0 Å². The van der Waals surface area contributed by atoms with Gasteiger partial charge in [-0.2, -0.15) is 0 Å². The van der Waals surface area contributed by atoms with Crippen LogP contribution in [0.15, 0.2) is 23.6 Å². The summed E-state index contributed by atoms with van der Waals surface area (Å²) in [6.07, 6.45) is 2.52. The van der Waals surface area contributed by atoms with Gasteiger partial charge >= 0.3 is 0 Å². The van der Waals surface area contributed by atoms with Crippen molar-refractivity contribution in [3.05, 3.63) is 23.4 Å². The summed E-state index contributed by atoms with van der Waals surface area (Å²) in [7, 11) is 1.69. The maximum absolute atomic E-state index is 13.7. The Morgan fingerprint density at radius 2 is 2.32 bits per heavy atom. The number of nitrogens with zero attached hydrogens (tertiary/aromatic N) is 4. The number of alkyl halides is 1. The van der Waals surface area contributed by atoms with Gasteiger partial charge < -0.3 is 20.7 Å².